The molecule has 29 heavy (non-hydrogen) atoms. The summed E-state index contributed by atoms with van der Waals surface area (Å²) in [4.78, 5) is 17.3. The molecule has 0 spiro atoms. The maximum atomic E-state index is 13.0. The van der Waals surface area contributed by atoms with Gasteiger partial charge in [0.05, 0.1) is 0 Å². The van der Waals surface area contributed by atoms with Crippen molar-refractivity contribution in [2.45, 2.75) is 12.5 Å². The summed E-state index contributed by atoms with van der Waals surface area (Å²) in [6, 6.07) is 24.4. The van der Waals surface area contributed by atoms with Crippen LogP contribution in [0.15, 0.2) is 83.4 Å². The van der Waals surface area contributed by atoms with Gasteiger partial charge in [0, 0.05) is 16.7 Å². The SMILES string of the molecule is O=C(OCc1nc(-c2ccccc2)no1)C1c2ccccc2Oc2ccccc21. The first kappa shape index (κ1) is 17.2. The van der Waals surface area contributed by atoms with Crippen molar-refractivity contribution >= 4 is 5.97 Å². The first-order valence-corrected chi connectivity index (χ1v) is 9.20. The van der Waals surface area contributed by atoms with Gasteiger partial charge in [-0.05, 0) is 12.1 Å². The van der Waals surface area contributed by atoms with Crippen LogP contribution in [0.1, 0.15) is 22.9 Å². The van der Waals surface area contributed by atoms with E-state index >= 15 is 0 Å². The van der Waals surface area contributed by atoms with E-state index < -0.39 is 11.9 Å². The van der Waals surface area contributed by atoms with Crippen molar-refractivity contribution < 1.29 is 18.8 Å². The van der Waals surface area contributed by atoms with Crippen LogP contribution in [0.3, 0.4) is 0 Å². The Balaban J connectivity index is 1.37. The minimum Gasteiger partial charge on any atom is -0.457 e. The predicted molar refractivity (Wildman–Crippen MR) is 104 cm³/mol. The van der Waals surface area contributed by atoms with E-state index in [0.717, 1.165) is 16.7 Å². The summed E-state index contributed by atoms with van der Waals surface area (Å²) in [7, 11) is 0. The number of nitrogens with zero attached hydrogens (tertiary/aromatic N) is 2. The van der Waals surface area contributed by atoms with Crippen LogP contribution in [0.4, 0.5) is 0 Å². The van der Waals surface area contributed by atoms with E-state index in [4.69, 9.17) is 14.0 Å². The minimum atomic E-state index is -0.576. The quantitative estimate of drug-likeness (QED) is 0.474. The molecule has 0 bridgehead atoms. The topological polar surface area (TPSA) is 74.5 Å². The number of hydrogen-bond acceptors (Lipinski definition) is 6. The smallest absolute Gasteiger partial charge is 0.318 e. The Morgan fingerprint density at radius 1 is 0.862 bits per heavy atom. The van der Waals surface area contributed by atoms with Crippen LogP contribution in [-0.2, 0) is 16.1 Å². The molecule has 0 N–H and O–H groups in total. The third kappa shape index (κ3) is 3.25. The van der Waals surface area contributed by atoms with Crippen molar-refractivity contribution in [3.63, 3.8) is 0 Å². The maximum absolute atomic E-state index is 13.0. The van der Waals surface area contributed by atoms with Crippen molar-refractivity contribution in [3.8, 4) is 22.9 Å². The van der Waals surface area contributed by atoms with Gasteiger partial charge in [-0.1, -0.05) is 71.9 Å². The fourth-order valence-electron chi connectivity index (χ4n) is 3.40. The van der Waals surface area contributed by atoms with Gasteiger partial charge in [-0.25, -0.2) is 0 Å². The number of ether oxygens (including phenoxy) is 2. The number of rotatable bonds is 4. The third-order valence-corrected chi connectivity index (χ3v) is 4.75. The van der Waals surface area contributed by atoms with Crippen molar-refractivity contribution in [1.82, 2.24) is 10.1 Å². The predicted octanol–water partition coefficient (Wildman–Crippen LogP) is 4.72. The van der Waals surface area contributed by atoms with Crippen LogP contribution in [0.5, 0.6) is 11.5 Å². The lowest BCUT2D eigenvalue weighted by Crippen LogP contribution is -2.21. The molecular weight excluding hydrogens is 368 g/mol. The van der Waals surface area contributed by atoms with Gasteiger partial charge in [-0.2, -0.15) is 4.98 Å². The van der Waals surface area contributed by atoms with Crippen molar-refractivity contribution in [3.05, 3.63) is 95.9 Å². The summed E-state index contributed by atoms with van der Waals surface area (Å²) < 4.78 is 16.7. The van der Waals surface area contributed by atoms with Gasteiger partial charge in [-0.3, -0.25) is 4.79 Å². The van der Waals surface area contributed by atoms with E-state index in [2.05, 4.69) is 10.1 Å². The number of para-hydroxylation sites is 2. The highest BCUT2D eigenvalue weighted by Crippen LogP contribution is 2.44. The number of benzene rings is 3. The Bertz CT molecular complexity index is 1120. The number of aromatic nitrogens is 2. The average Bonchev–Trinajstić information content (AvgIpc) is 3.25. The molecule has 6 heteroatoms. The second-order valence-corrected chi connectivity index (χ2v) is 6.60. The first-order valence-electron chi connectivity index (χ1n) is 9.20. The molecule has 1 aliphatic rings. The fourth-order valence-corrected chi connectivity index (χ4v) is 3.40. The van der Waals surface area contributed by atoms with Crippen molar-refractivity contribution in [2.24, 2.45) is 0 Å². The third-order valence-electron chi connectivity index (χ3n) is 4.75. The van der Waals surface area contributed by atoms with Gasteiger partial charge in [0.25, 0.3) is 5.89 Å². The molecule has 4 aromatic rings. The van der Waals surface area contributed by atoms with Crippen molar-refractivity contribution in [1.29, 1.82) is 0 Å². The van der Waals surface area contributed by atoms with Gasteiger partial charge >= 0.3 is 5.97 Å². The monoisotopic (exact) mass is 384 g/mol. The summed E-state index contributed by atoms with van der Waals surface area (Å²) in [5, 5.41) is 3.95. The molecule has 0 radical (unpaired) electrons. The average molecular weight is 384 g/mol. The van der Waals surface area contributed by atoms with E-state index in [-0.39, 0.29) is 12.5 Å². The van der Waals surface area contributed by atoms with Crippen LogP contribution in [-0.4, -0.2) is 16.1 Å². The summed E-state index contributed by atoms with van der Waals surface area (Å²) >= 11 is 0. The molecule has 0 saturated heterocycles. The molecule has 5 rings (SSSR count). The van der Waals surface area contributed by atoms with Gasteiger partial charge in [0.1, 0.15) is 17.4 Å². The lowest BCUT2D eigenvalue weighted by atomic mass is 9.88. The van der Waals surface area contributed by atoms with E-state index in [1.807, 2.05) is 78.9 Å². The molecule has 3 aromatic carbocycles. The van der Waals surface area contributed by atoms with Crippen LogP contribution < -0.4 is 4.74 Å². The Labute approximate surface area is 166 Å². The Morgan fingerprint density at radius 3 is 2.17 bits per heavy atom. The van der Waals surface area contributed by atoms with Crippen LogP contribution >= 0.6 is 0 Å². The molecule has 0 amide bonds. The lowest BCUT2D eigenvalue weighted by Gasteiger charge is -2.26. The van der Waals surface area contributed by atoms with Crippen LogP contribution in [0.25, 0.3) is 11.4 Å². The van der Waals surface area contributed by atoms with E-state index in [1.54, 1.807) is 0 Å². The summed E-state index contributed by atoms with van der Waals surface area (Å²) in [5.41, 5.74) is 2.37. The largest absolute Gasteiger partial charge is 0.457 e. The molecule has 0 fully saturated rings. The molecular formula is C23H16N2O4. The number of hydrogen-bond donors (Lipinski definition) is 0. The molecule has 0 aliphatic carbocycles. The molecule has 142 valence electrons. The normalized spacial score (nSPS) is 12.6. The maximum Gasteiger partial charge on any atom is 0.318 e. The van der Waals surface area contributed by atoms with Gasteiger partial charge in [0.15, 0.2) is 6.61 Å². The number of fused-ring (bicyclic) bond motifs is 2. The fraction of sp³-hybridized carbons (Fsp3) is 0.0870. The summed E-state index contributed by atoms with van der Waals surface area (Å²) in [6.07, 6.45) is 0. The van der Waals surface area contributed by atoms with E-state index in [1.165, 1.54) is 0 Å². The molecule has 0 unspecified atom stereocenters. The highest BCUT2D eigenvalue weighted by molar-refractivity contribution is 5.85. The molecule has 1 aliphatic heterocycles. The van der Waals surface area contributed by atoms with Gasteiger partial charge in [-0.15, -0.1) is 0 Å². The van der Waals surface area contributed by atoms with Gasteiger partial charge < -0.3 is 14.0 Å². The Hall–Kier alpha value is -3.93. The second-order valence-electron chi connectivity index (χ2n) is 6.60. The minimum absolute atomic E-state index is 0.0969. The highest BCUT2D eigenvalue weighted by Gasteiger charge is 2.33. The molecule has 1 aromatic heterocycles. The van der Waals surface area contributed by atoms with E-state index in [9.17, 15) is 4.79 Å². The zero-order chi connectivity index (χ0) is 19.6. The number of carbonyl (C=O) groups is 1. The Kier molecular flexibility index (Phi) is 4.29. The summed E-state index contributed by atoms with van der Waals surface area (Å²) in [6.45, 7) is -0.0969. The van der Waals surface area contributed by atoms with Crippen LogP contribution in [0.2, 0.25) is 0 Å². The van der Waals surface area contributed by atoms with Crippen molar-refractivity contribution in [2.75, 3.05) is 0 Å². The van der Waals surface area contributed by atoms with Gasteiger partial charge in [0.2, 0.25) is 5.82 Å². The highest BCUT2D eigenvalue weighted by atomic mass is 16.6. The Morgan fingerprint density at radius 2 is 1.48 bits per heavy atom. The number of esters is 1. The first-order chi connectivity index (χ1) is 14.3. The molecule has 2 heterocycles. The standard InChI is InChI=1S/C23H16N2O4/c26-23(27-14-20-24-22(25-29-20)15-8-2-1-3-9-15)21-16-10-4-6-12-18(16)28-19-13-7-5-11-17(19)21/h1-13,21H,14H2. The molecule has 0 saturated carbocycles. The second kappa shape index (κ2) is 7.24. The lowest BCUT2D eigenvalue weighted by molar-refractivity contribution is -0.146. The zero-order valence-corrected chi connectivity index (χ0v) is 15.3. The zero-order valence-electron chi connectivity index (χ0n) is 15.3. The van der Waals surface area contributed by atoms with Crippen LogP contribution in [0, 0.1) is 0 Å². The van der Waals surface area contributed by atoms with E-state index in [0.29, 0.717) is 17.3 Å². The molecule has 6 nitrogen and oxygen atoms in total. The number of carbonyl (C=O) groups excluding carboxylic acids is 1. The summed E-state index contributed by atoms with van der Waals surface area (Å²) in [5.74, 6) is 1.03. The molecule has 0 atom stereocenters.